The average Bonchev–Trinajstić information content (AvgIpc) is 3.32. The van der Waals surface area contributed by atoms with Crippen molar-refractivity contribution in [3.8, 4) is 11.5 Å². The average molecular weight is 368 g/mol. The minimum absolute atomic E-state index is 0.0980. The van der Waals surface area contributed by atoms with Gasteiger partial charge in [-0.15, -0.1) is 0 Å². The molecule has 4 rings (SSSR count). The smallest absolute Gasteiger partial charge is 0.274 e. The minimum atomic E-state index is -0.233. The van der Waals surface area contributed by atoms with Crippen LogP contribution in [0.1, 0.15) is 66.3 Å². The van der Waals surface area contributed by atoms with Crippen LogP contribution in [0.4, 0.5) is 0 Å². The number of fused-ring (bicyclic) bond motifs is 1. The first kappa shape index (κ1) is 17.5. The summed E-state index contributed by atoms with van der Waals surface area (Å²) in [4.78, 5) is 17.2. The zero-order chi connectivity index (χ0) is 19.1. The molecule has 3 aromatic heterocycles. The van der Waals surface area contributed by atoms with Gasteiger partial charge in [0.25, 0.3) is 5.91 Å². The highest BCUT2D eigenvalue weighted by Gasteiger charge is 2.28. The van der Waals surface area contributed by atoms with Gasteiger partial charge in [0.2, 0.25) is 5.89 Å². The van der Waals surface area contributed by atoms with Crippen molar-refractivity contribution in [2.75, 3.05) is 0 Å². The summed E-state index contributed by atoms with van der Waals surface area (Å²) in [6.07, 6.45) is 8.47. The molecule has 0 fully saturated rings. The molecule has 1 aliphatic carbocycles. The molecule has 1 aliphatic rings. The lowest BCUT2D eigenvalue weighted by Gasteiger charge is -2.21. The monoisotopic (exact) mass is 368 g/mol. The van der Waals surface area contributed by atoms with Crippen molar-refractivity contribution < 1.29 is 9.21 Å². The van der Waals surface area contributed by atoms with Crippen LogP contribution in [0.5, 0.6) is 0 Å². The highest BCUT2D eigenvalue weighted by molar-refractivity contribution is 5.94. The largest absolute Gasteiger partial charge is 0.440 e. The molecule has 3 aromatic rings. The second kappa shape index (κ2) is 6.68. The molecule has 0 saturated heterocycles. The van der Waals surface area contributed by atoms with Crippen LogP contribution in [0.2, 0.25) is 0 Å². The summed E-state index contributed by atoms with van der Waals surface area (Å²) in [6, 6.07) is 0.200. The zero-order valence-electron chi connectivity index (χ0n) is 16.1. The Kier molecular flexibility index (Phi) is 4.33. The highest BCUT2D eigenvalue weighted by atomic mass is 16.4. The molecule has 0 saturated carbocycles. The van der Waals surface area contributed by atoms with Crippen LogP contribution < -0.4 is 5.32 Å². The van der Waals surface area contributed by atoms with Crippen molar-refractivity contribution in [3.63, 3.8) is 0 Å². The van der Waals surface area contributed by atoms with Crippen LogP contribution in [0.3, 0.4) is 0 Å². The number of aromatic nitrogens is 5. The van der Waals surface area contributed by atoms with Gasteiger partial charge in [0, 0.05) is 25.5 Å². The number of carbonyl (C=O) groups is 1. The van der Waals surface area contributed by atoms with Gasteiger partial charge in [0.15, 0.2) is 5.69 Å². The molecule has 8 heteroatoms. The topological polar surface area (TPSA) is 90.8 Å². The summed E-state index contributed by atoms with van der Waals surface area (Å²) in [5, 5.41) is 11.9. The van der Waals surface area contributed by atoms with Crippen molar-refractivity contribution in [2.24, 2.45) is 7.05 Å². The van der Waals surface area contributed by atoms with Crippen molar-refractivity contribution >= 4 is 5.91 Å². The first-order valence-corrected chi connectivity index (χ1v) is 9.27. The highest BCUT2D eigenvalue weighted by Crippen LogP contribution is 2.30. The molecule has 27 heavy (non-hydrogen) atoms. The van der Waals surface area contributed by atoms with Gasteiger partial charge in [-0.2, -0.15) is 10.2 Å². The molecular weight excluding hydrogens is 344 g/mol. The maximum atomic E-state index is 12.8. The van der Waals surface area contributed by atoms with Crippen molar-refractivity contribution in [2.45, 2.75) is 52.1 Å². The van der Waals surface area contributed by atoms with Gasteiger partial charge < -0.3 is 9.73 Å². The van der Waals surface area contributed by atoms with Crippen molar-refractivity contribution in [3.05, 3.63) is 41.3 Å². The Bertz CT molecular complexity index is 980. The number of rotatable bonds is 4. The fraction of sp³-hybridized carbons (Fsp3) is 0.474. The Hall–Kier alpha value is -2.90. The standard InChI is InChI=1S/C19H24N6O2/c1-11(2)25-10-13-6-5-7-15(17(13)23-25)21-18(26)16-12(3)27-19(22-16)14-8-20-24(4)9-14/h8-11,15H,5-7H2,1-4H3,(H,21,26). The molecule has 0 bridgehead atoms. The molecule has 1 atom stereocenters. The minimum Gasteiger partial charge on any atom is -0.440 e. The Labute approximate surface area is 157 Å². The van der Waals surface area contributed by atoms with Gasteiger partial charge in [-0.3, -0.25) is 14.2 Å². The number of nitrogens with one attached hydrogen (secondary N) is 1. The maximum absolute atomic E-state index is 12.8. The Morgan fingerprint density at radius 2 is 2.19 bits per heavy atom. The molecule has 0 aromatic carbocycles. The van der Waals surface area contributed by atoms with Crippen LogP contribution in [0.25, 0.3) is 11.5 Å². The van der Waals surface area contributed by atoms with Crippen molar-refractivity contribution in [1.82, 2.24) is 29.9 Å². The first-order chi connectivity index (χ1) is 12.9. The second-order valence-corrected chi connectivity index (χ2v) is 7.36. The zero-order valence-corrected chi connectivity index (χ0v) is 16.1. The number of amides is 1. The predicted octanol–water partition coefficient (Wildman–Crippen LogP) is 2.97. The van der Waals surface area contributed by atoms with Gasteiger partial charge >= 0.3 is 0 Å². The van der Waals surface area contributed by atoms with E-state index in [-0.39, 0.29) is 11.9 Å². The van der Waals surface area contributed by atoms with E-state index in [1.807, 2.05) is 11.7 Å². The van der Waals surface area contributed by atoms with Crippen molar-refractivity contribution in [1.29, 1.82) is 0 Å². The summed E-state index contributed by atoms with van der Waals surface area (Å²) < 4.78 is 9.32. The molecule has 1 N–H and O–H groups in total. The summed E-state index contributed by atoms with van der Waals surface area (Å²) in [5.41, 5.74) is 3.24. The summed E-state index contributed by atoms with van der Waals surface area (Å²) >= 11 is 0. The summed E-state index contributed by atoms with van der Waals surface area (Å²) in [7, 11) is 1.82. The Morgan fingerprint density at radius 1 is 1.37 bits per heavy atom. The van der Waals surface area contributed by atoms with Crippen LogP contribution in [0, 0.1) is 6.92 Å². The molecule has 142 valence electrons. The summed E-state index contributed by atoms with van der Waals surface area (Å²) in [6.45, 7) is 5.96. The van der Waals surface area contributed by atoms with E-state index < -0.39 is 0 Å². The SMILES string of the molecule is Cc1oc(-c2cnn(C)c2)nc1C(=O)NC1CCCc2cn(C(C)C)nc21. The van der Waals surface area contributed by atoms with Crippen LogP contribution in [-0.2, 0) is 13.5 Å². The van der Waals surface area contributed by atoms with E-state index in [1.165, 1.54) is 5.56 Å². The predicted molar refractivity (Wildman–Crippen MR) is 99.2 cm³/mol. The first-order valence-electron chi connectivity index (χ1n) is 9.27. The maximum Gasteiger partial charge on any atom is 0.274 e. The lowest BCUT2D eigenvalue weighted by molar-refractivity contribution is 0.0925. The van der Waals surface area contributed by atoms with Crippen LogP contribution in [0.15, 0.2) is 23.0 Å². The molecule has 1 amide bonds. The number of oxazole rings is 1. The molecule has 1 unspecified atom stereocenters. The lowest BCUT2D eigenvalue weighted by Crippen LogP contribution is -2.31. The van der Waals surface area contributed by atoms with Gasteiger partial charge in [-0.25, -0.2) is 4.98 Å². The van der Waals surface area contributed by atoms with Crippen LogP contribution >= 0.6 is 0 Å². The molecule has 8 nitrogen and oxygen atoms in total. The van der Waals surface area contributed by atoms with E-state index in [0.717, 1.165) is 30.5 Å². The number of hydrogen-bond acceptors (Lipinski definition) is 5. The molecule has 3 heterocycles. The molecule has 0 aliphatic heterocycles. The number of carbonyl (C=O) groups excluding carboxylic acids is 1. The van der Waals surface area contributed by atoms with E-state index in [9.17, 15) is 4.79 Å². The molecule has 0 spiro atoms. The van der Waals surface area contributed by atoms with E-state index in [0.29, 0.717) is 23.4 Å². The normalized spacial score (nSPS) is 16.6. The van der Waals surface area contributed by atoms with Gasteiger partial charge in [0.05, 0.1) is 23.5 Å². The number of nitrogens with zero attached hydrogens (tertiary/aromatic N) is 5. The van der Waals surface area contributed by atoms with Gasteiger partial charge in [-0.05, 0) is 45.6 Å². The fourth-order valence-electron chi connectivity index (χ4n) is 3.46. The molecular formula is C19H24N6O2. The fourth-order valence-corrected chi connectivity index (χ4v) is 3.46. The third-order valence-corrected chi connectivity index (χ3v) is 4.91. The van der Waals surface area contributed by atoms with Crippen LogP contribution in [-0.4, -0.2) is 30.5 Å². The quantitative estimate of drug-likeness (QED) is 0.764. The Balaban J connectivity index is 1.56. The van der Waals surface area contributed by atoms with E-state index in [4.69, 9.17) is 9.52 Å². The van der Waals surface area contributed by atoms with E-state index in [2.05, 4.69) is 35.4 Å². The summed E-state index contributed by atoms with van der Waals surface area (Å²) in [5.74, 6) is 0.664. The number of hydrogen-bond donors (Lipinski definition) is 1. The third kappa shape index (κ3) is 3.27. The second-order valence-electron chi connectivity index (χ2n) is 7.36. The Morgan fingerprint density at radius 3 is 2.89 bits per heavy atom. The number of aryl methyl sites for hydroxylation is 3. The van der Waals surface area contributed by atoms with E-state index in [1.54, 1.807) is 24.0 Å². The third-order valence-electron chi connectivity index (χ3n) is 4.91. The lowest BCUT2D eigenvalue weighted by atomic mass is 9.93. The van der Waals surface area contributed by atoms with E-state index >= 15 is 0 Å². The molecule has 0 radical (unpaired) electrons. The van der Waals surface area contributed by atoms with Gasteiger partial charge in [-0.1, -0.05) is 0 Å². The van der Waals surface area contributed by atoms with Gasteiger partial charge in [0.1, 0.15) is 5.76 Å².